The van der Waals surface area contributed by atoms with Gasteiger partial charge in [0.2, 0.25) is 5.91 Å². The number of rotatable bonds is 3. The van der Waals surface area contributed by atoms with Gasteiger partial charge in [-0.05, 0) is 11.6 Å². The van der Waals surface area contributed by atoms with Crippen molar-refractivity contribution in [2.45, 2.75) is 6.42 Å². The summed E-state index contributed by atoms with van der Waals surface area (Å²) in [6.45, 7) is 0.0211. The molecule has 0 heterocycles. The Balaban J connectivity index is 2.67. The maximum Gasteiger partial charge on any atom is 0.227 e. The summed E-state index contributed by atoms with van der Waals surface area (Å²) in [5, 5.41) is 8.39. The molecule has 0 saturated carbocycles. The number of nitriles is 1. The molecule has 1 aromatic rings. The second-order valence-electron chi connectivity index (χ2n) is 3.18. The minimum absolute atomic E-state index is 0.00907. The van der Waals surface area contributed by atoms with E-state index in [0.717, 1.165) is 0 Å². The topological polar surface area (TPSA) is 44.1 Å². The van der Waals surface area contributed by atoms with Crippen molar-refractivity contribution in [2.24, 2.45) is 0 Å². The third-order valence-electron chi connectivity index (χ3n) is 2.03. The van der Waals surface area contributed by atoms with Gasteiger partial charge < -0.3 is 4.90 Å². The molecule has 15 heavy (non-hydrogen) atoms. The van der Waals surface area contributed by atoms with E-state index in [2.05, 4.69) is 0 Å². The molecule has 0 aliphatic rings. The first-order chi connectivity index (χ1) is 7.15. The van der Waals surface area contributed by atoms with Crippen LogP contribution in [0.3, 0.4) is 0 Å². The fourth-order valence-electron chi connectivity index (χ4n) is 1.13. The van der Waals surface area contributed by atoms with Crippen LogP contribution in [0.5, 0.6) is 0 Å². The Morgan fingerprint density at radius 2 is 2.20 bits per heavy atom. The summed E-state index contributed by atoms with van der Waals surface area (Å²) < 4.78 is 13.2. The molecule has 0 atom stereocenters. The van der Waals surface area contributed by atoms with E-state index >= 15 is 0 Å². The first kappa shape index (κ1) is 11.2. The highest BCUT2D eigenvalue weighted by molar-refractivity contribution is 5.78. The van der Waals surface area contributed by atoms with E-state index in [-0.39, 0.29) is 18.9 Å². The van der Waals surface area contributed by atoms with Crippen molar-refractivity contribution in [1.82, 2.24) is 4.90 Å². The minimum Gasteiger partial charge on any atom is -0.332 e. The molecule has 1 amide bonds. The lowest BCUT2D eigenvalue weighted by Gasteiger charge is -2.12. The van der Waals surface area contributed by atoms with Crippen LogP contribution in [0, 0.1) is 17.1 Å². The van der Waals surface area contributed by atoms with Gasteiger partial charge in [0.1, 0.15) is 12.4 Å². The summed E-state index contributed by atoms with van der Waals surface area (Å²) in [7, 11) is 1.52. The molecule has 78 valence electrons. The number of benzene rings is 1. The maximum absolute atomic E-state index is 13.2. The van der Waals surface area contributed by atoms with Crippen LogP contribution < -0.4 is 0 Å². The standard InChI is InChI=1S/C11H11FN2O/c1-14(7-6-13)11(15)8-9-4-2-3-5-10(9)12/h2-5H,7-8H2,1H3. The molecule has 0 aliphatic heterocycles. The van der Waals surface area contributed by atoms with Gasteiger partial charge in [0, 0.05) is 7.05 Å². The van der Waals surface area contributed by atoms with Crippen molar-refractivity contribution >= 4 is 5.91 Å². The first-order valence-electron chi connectivity index (χ1n) is 4.49. The van der Waals surface area contributed by atoms with Crippen LogP contribution >= 0.6 is 0 Å². The summed E-state index contributed by atoms with van der Waals surface area (Å²) in [4.78, 5) is 12.7. The molecule has 4 heteroatoms. The molecule has 0 saturated heterocycles. The van der Waals surface area contributed by atoms with Gasteiger partial charge in [-0.1, -0.05) is 18.2 Å². The van der Waals surface area contributed by atoms with Crippen molar-refractivity contribution in [2.75, 3.05) is 13.6 Å². The van der Waals surface area contributed by atoms with Gasteiger partial charge in [-0.2, -0.15) is 5.26 Å². The highest BCUT2D eigenvalue weighted by Gasteiger charge is 2.11. The second-order valence-corrected chi connectivity index (χ2v) is 3.18. The smallest absolute Gasteiger partial charge is 0.227 e. The number of hydrogen-bond acceptors (Lipinski definition) is 2. The number of amides is 1. The number of carbonyl (C=O) groups is 1. The summed E-state index contributed by atoms with van der Waals surface area (Å²) >= 11 is 0. The number of nitrogens with zero attached hydrogens (tertiary/aromatic N) is 2. The molecular formula is C11H11FN2O. The number of hydrogen-bond donors (Lipinski definition) is 0. The minimum atomic E-state index is -0.392. The molecule has 3 nitrogen and oxygen atoms in total. The highest BCUT2D eigenvalue weighted by atomic mass is 19.1. The lowest BCUT2D eigenvalue weighted by Crippen LogP contribution is -2.28. The van der Waals surface area contributed by atoms with E-state index in [4.69, 9.17) is 5.26 Å². The lowest BCUT2D eigenvalue weighted by molar-refractivity contribution is -0.128. The zero-order valence-electron chi connectivity index (χ0n) is 8.40. The van der Waals surface area contributed by atoms with E-state index in [1.165, 1.54) is 18.0 Å². The first-order valence-corrected chi connectivity index (χ1v) is 4.49. The molecule has 0 N–H and O–H groups in total. The molecular weight excluding hydrogens is 195 g/mol. The summed E-state index contributed by atoms with van der Waals surface area (Å²) in [6, 6.07) is 7.98. The van der Waals surface area contributed by atoms with Crippen LogP contribution in [0.1, 0.15) is 5.56 Å². The predicted molar refractivity (Wildman–Crippen MR) is 53.4 cm³/mol. The van der Waals surface area contributed by atoms with Gasteiger partial charge in [-0.15, -0.1) is 0 Å². The van der Waals surface area contributed by atoms with E-state index in [0.29, 0.717) is 5.56 Å². The zero-order valence-corrected chi connectivity index (χ0v) is 8.40. The Labute approximate surface area is 87.7 Å². The summed E-state index contributed by atoms with van der Waals surface area (Å²) in [5.41, 5.74) is 0.354. The fraction of sp³-hybridized carbons (Fsp3) is 0.273. The third kappa shape index (κ3) is 3.06. The van der Waals surface area contributed by atoms with Gasteiger partial charge >= 0.3 is 0 Å². The number of carbonyl (C=O) groups excluding carboxylic acids is 1. The van der Waals surface area contributed by atoms with Crippen LogP contribution in [0.25, 0.3) is 0 Å². The molecule has 1 rings (SSSR count). The Morgan fingerprint density at radius 3 is 2.80 bits per heavy atom. The van der Waals surface area contributed by atoms with Crippen molar-refractivity contribution in [3.05, 3.63) is 35.6 Å². The predicted octanol–water partition coefficient (Wildman–Crippen LogP) is 1.35. The molecule has 0 spiro atoms. The fourth-order valence-corrected chi connectivity index (χ4v) is 1.13. The molecule has 0 aliphatic carbocycles. The second kappa shape index (κ2) is 5.11. The summed E-state index contributed by atoms with van der Waals surface area (Å²) in [6.07, 6.45) is -0.00907. The highest BCUT2D eigenvalue weighted by Crippen LogP contribution is 2.07. The summed E-state index contributed by atoms with van der Waals surface area (Å²) in [5.74, 6) is -0.655. The van der Waals surface area contributed by atoms with Crippen LogP contribution in [0.15, 0.2) is 24.3 Å². The zero-order chi connectivity index (χ0) is 11.3. The van der Waals surface area contributed by atoms with Crippen molar-refractivity contribution < 1.29 is 9.18 Å². The third-order valence-corrected chi connectivity index (χ3v) is 2.03. The molecule has 0 unspecified atom stereocenters. The van der Waals surface area contributed by atoms with Crippen molar-refractivity contribution in [3.8, 4) is 6.07 Å². The van der Waals surface area contributed by atoms with E-state index in [1.807, 2.05) is 6.07 Å². The van der Waals surface area contributed by atoms with Crippen molar-refractivity contribution in [1.29, 1.82) is 5.26 Å². The maximum atomic E-state index is 13.2. The number of likely N-dealkylation sites (N-methyl/N-ethyl adjacent to an activating group) is 1. The SMILES string of the molecule is CN(CC#N)C(=O)Cc1ccccc1F. The largest absolute Gasteiger partial charge is 0.332 e. The van der Waals surface area contributed by atoms with Gasteiger partial charge in [0.05, 0.1) is 12.5 Å². The molecule has 1 aromatic carbocycles. The Bertz CT molecular complexity index is 398. The number of halogens is 1. The normalized spacial score (nSPS) is 9.40. The Kier molecular flexibility index (Phi) is 3.81. The van der Waals surface area contributed by atoms with Gasteiger partial charge in [0.25, 0.3) is 0 Å². The average molecular weight is 206 g/mol. The molecule has 0 bridgehead atoms. The monoisotopic (exact) mass is 206 g/mol. The van der Waals surface area contributed by atoms with Crippen LogP contribution in [-0.4, -0.2) is 24.4 Å². The molecule has 0 aromatic heterocycles. The quantitative estimate of drug-likeness (QED) is 0.701. The van der Waals surface area contributed by atoms with Crippen LogP contribution in [-0.2, 0) is 11.2 Å². The Morgan fingerprint density at radius 1 is 1.53 bits per heavy atom. The Hall–Kier alpha value is -1.89. The van der Waals surface area contributed by atoms with E-state index in [9.17, 15) is 9.18 Å². The molecule has 0 radical (unpaired) electrons. The average Bonchev–Trinajstić information content (AvgIpc) is 2.21. The van der Waals surface area contributed by atoms with Crippen LogP contribution in [0.2, 0.25) is 0 Å². The van der Waals surface area contributed by atoms with Gasteiger partial charge in [-0.25, -0.2) is 4.39 Å². The molecule has 0 fully saturated rings. The van der Waals surface area contributed by atoms with Crippen LogP contribution in [0.4, 0.5) is 4.39 Å². The van der Waals surface area contributed by atoms with E-state index in [1.54, 1.807) is 18.2 Å². The van der Waals surface area contributed by atoms with E-state index < -0.39 is 5.82 Å². The van der Waals surface area contributed by atoms with Gasteiger partial charge in [-0.3, -0.25) is 4.79 Å². The lowest BCUT2D eigenvalue weighted by atomic mass is 10.1. The van der Waals surface area contributed by atoms with Gasteiger partial charge in [0.15, 0.2) is 0 Å². The van der Waals surface area contributed by atoms with Crippen molar-refractivity contribution in [3.63, 3.8) is 0 Å².